The normalized spacial score (nSPS) is 15.5. The highest BCUT2D eigenvalue weighted by Crippen LogP contribution is 2.24. The molecule has 0 spiro atoms. The maximum atomic E-state index is 13.0. The maximum Gasteiger partial charge on any atom is 0.331 e. The van der Waals surface area contributed by atoms with Crippen molar-refractivity contribution in [1.82, 2.24) is 9.88 Å². The molecule has 0 saturated carbocycles. The van der Waals surface area contributed by atoms with Gasteiger partial charge in [0.15, 0.2) is 0 Å². The van der Waals surface area contributed by atoms with E-state index < -0.39 is 12.1 Å². The molecule has 1 aliphatic rings. The van der Waals surface area contributed by atoms with Crippen molar-refractivity contribution >= 4 is 39.5 Å². The lowest BCUT2D eigenvalue weighted by molar-refractivity contribution is -0.159. The number of para-hydroxylation sites is 1. The molecule has 4 rings (SSSR count). The summed E-state index contributed by atoms with van der Waals surface area (Å²) < 4.78 is 11.9. The first-order chi connectivity index (χ1) is 14.2. The summed E-state index contributed by atoms with van der Waals surface area (Å²) >= 11 is 1.49. The van der Waals surface area contributed by atoms with Gasteiger partial charge in [0.1, 0.15) is 5.01 Å². The Hall–Kier alpha value is -3.03. The molecule has 0 N–H and O–H groups in total. The van der Waals surface area contributed by atoms with Crippen molar-refractivity contribution in [3.63, 3.8) is 0 Å². The van der Waals surface area contributed by atoms with Crippen LogP contribution in [-0.4, -0.2) is 48.1 Å². The van der Waals surface area contributed by atoms with E-state index in [1.54, 1.807) is 23.1 Å². The third kappa shape index (κ3) is 4.70. The van der Waals surface area contributed by atoms with Crippen LogP contribution in [0.25, 0.3) is 16.3 Å². The van der Waals surface area contributed by atoms with Crippen LogP contribution >= 0.6 is 11.3 Å². The van der Waals surface area contributed by atoms with E-state index in [9.17, 15) is 9.59 Å². The molecule has 0 radical (unpaired) electrons. The zero-order chi connectivity index (χ0) is 20.1. The van der Waals surface area contributed by atoms with E-state index in [0.29, 0.717) is 36.9 Å². The van der Waals surface area contributed by atoms with E-state index in [2.05, 4.69) is 4.98 Å². The average Bonchev–Trinajstić information content (AvgIpc) is 3.20. The Bertz CT molecular complexity index is 992. The standard InChI is InChI=1S/C22H20N2O4S/c25-20(11-10-19-23-17-8-4-5-9-18(17)29-19)28-21(16-6-2-1-3-7-16)22(26)24-12-14-27-15-13-24/h1-11,21H,12-15H2/b11-10+/t21-/m1/s1. The largest absolute Gasteiger partial charge is 0.444 e. The summed E-state index contributed by atoms with van der Waals surface area (Å²) in [5.74, 6) is -0.819. The van der Waals surface area contributed by atoms with E-state index in [-0.39, 0.29) is 5.91 Å². The molecule has 3 aromatic rings. The molecule has 1 atom stereocenters. The fourth-order valence-electron chi connectivity index (χ4n) is 3.09. The molecule has 1 aliphatic heterocycles. The molecule has 29 heavy (non-hydrogen) atoms. The Morgan fingerprint density at radius 2 is 1.79 bits per heavy atom. The molecule has 0 bridgehead atoms. The second-order valence-corrected chi connectivity index (χ2v) is 7.58. The minimum atomic E-state index is -0.984. The maximum absolute atomic E-state index is 13.0. The number of morpholine rings is 1. The van der Waals surface area contributed by atoms with Gasteiger partial charge in [0.2, 0.25) is 6.10 Å². The highest BCUT2D eigenvalue weighted by Gasteiger charge is 2.29. The zero-order valence-corrected chi connectivity index (χ0v) is 16.5. The van der Waals surface area contributed by atoms with Gasteiger partial charge in [-0.25, -0.2) is 9.78 Å². The van der Waals surface area contributed by atoms with Gasteiger partial charge in [0.05, 0.1) is 23.4 Å². The van der Waals surface area contributed by atoms with E-state index >= 15 is 0 Å². The summed E-state index contributed by atoms with van der Waals surface area (Å²) in [4.78, 5) is 31.6. The molecule has 2 aromatic carbocycles. The summed E-state index contributed by atoms with van der Waals surface area (Å²) in [6, 6.07) is 16.8. The predicted molar refractivity (Wildman–Crippen MR) is 111 cm³/mol. The summed E-state index contributed by atoms with van der Waals surface area (Å²) in [5.41, 5.74) is 1.53. The van der Waals surface area contributed by atoms with Crippen LogP contribution in [0.5, 0.6) is 0 Å². The third-order valence-corrected chi connectivity index (χ3v) is 5.56. The van der Waals surface area contributed by atoms with Crippen LogP contribution < -0.4 is 0 Å². The van der Waals surface area contributed by atoms with E-state index in [4.69, 9.17) is 9.47 Å². The lowest BCUT2D eigenvalue weighted by atomic mass is 10.1. The third-order valence-electron chi connectivity index (χ3n) is 4.56. The molecule has 1 aromatic heterocycles. The molecule has 1 fully saturated rings. The monoisotopic (exact) mass is 408 g/mol. The van der Waals surface area contributed by atoms with Gasteiger partial charge in [-0.1, -0.05) is 42.5 Å². The Morgan fingerprint density at radius 3 is 2.55 bits per heavy atom. The number of esters is 1. The second-order valence-electron chi connectivity index (χ2n) is 6.52. The van der Waals surface area contributed by atoms with Crippen LogP contribution in [0.4, 0.5) is 0 Å². The molecule has 7 heteroatoms. The van der Waals surface area contributed by atoms with Crippen molar-refractivity contribution in [3.8, 4) is 0 Å². The number of ether oxygens (including phenoxy) is 2. The van der Waals surface area contributed by atoms with Crippen LogP contribution in [-0.2, 0) is 19.1 Å². The number of rotatable bonds is 5. The van der Waals surface area contributed by atoms with Crippen LogP contribution in [0.1, 0.15) is 16.7 Å². The number of amides is 1. The number of carbonyl (C=O) groups excluding carboxylic acids is 2. The SMILES string of the molecule is O=C(/C=C/c1nc2ccccc2s1)O[C@@H](C(=O)N1CCOCC1)c1ccccc1. The smallest absolute Gasteiger partial charge is 0.331 e. The highest BCUT2D eigenvalue weighted by molar-refractivity contribution is 7.19. The second kappa shape index (κ2) is 8.98. The molecular formula is C22H20N2O4S. The highest BCUT2D eigenvalue weighted by atomic mass is 32.1. The van der Waals surface area contributed by atoms with E-state index in [1.807, 2.05) is 42.5 Å². The first-order valence-electron chi connectivity index (χ1n) is 9.36. The molecule has 6 nitrogen and oxygen atoms in total. The Labute approximate surface area is 172 Å². The zero-order valence-electron chi connectivity index (χ0n) is 15.7. The van der Waals surface area contributed by atoms with Crippen molar-refractivity contribution in [2.45, 2.75) is 6.10 Å². The predicted octanol–water partition coefficient (Wildman–Crippen LogP) is 3.45. The Balaban J connectivity index is 1.50. The summed E-state index contributed by atoms with van der Waals surface area (Å²) in [7, 11) is 0. The Kier molecular flexibility index (Phi) is 5.97. The van der Waals surface area contributed by atoms with Gasteiger partial charge in [-0.2, -0.15) is 0 Å². The number of carbonyl (C=O) groups is 2. The van der Waals surface area contributed by atoms with Gasteiger partial charge < -0.3 is 14.4 Å². The molecular weight excluding hydrogens is 388 g/mol. The summed E-state index contributed by atoms with van der Waals surface area (Å²) in [6.45, 7) is 1.94. The molecule has 1 saturated heterocycles. The summed E-state index contributed by atoms with van der Waals surface area (Å²) in [6.07, 6.45) is 1.95. The Morgan fingerprint density at radius 1 is 1.07 bits per heavy atom. The minimum absolute atomic E-state index is 0.235. The summed E-state index contributed by atoms with van der Waals surface area (Å²) in [5, 5.41) is 0.707. The van der Waals surface area contributed by atoms with Gasteiger partial charge in [-0.3, -0.25) is 4.79 Å². The van der Waals surface area contributed by atoms with Crippen molar-refractivity contribution in [2.24, 2.45) is 0 Å². The fraction of sp³-hybridized carbons (Fsp3) is 0.227. The van der Waals surface area contributed by atoms with Crippen molar-refractivity contribution in [2.75, 3.05) is 26.3 Å². The molecule has 148 valence electrons. The van der Waals surface area contributed by atoms with Gasteiger partial charge in [0, 0.05) is 24.7 Å². The van der Waals surface area contributed by atoms with Crippen molar-refractivity contribution < 1.29 is 19.1 Å². The average molecular weight is 408 g/mol. The quantitative estimate of drug-likeness (QED) is 0.478. The molecule has 2 heterocycles. The number of fused-ring (bicyclic) bond motifs is 1. The minimum Gasteiger partial charge on any atom is -0.444 e. The number of aromatic nitrogens is 1. The first-order valence-corrected chi connectivity index (χ1v) is 10.2. The number of nitrogens with zero attached hydrogens (tertiary/aromatic N) is 2. The number of hydrogen-bond donors (Lipinski definition) is 0. The van der Waals surface area contributed by atoms with Gasteiger partial charge in [-0.15, -0.1) is 11.3 Å². The molecule has 0 aliphatic carbocycles. The van der Waals surface area contributed by atoms with Crippen LogP contribution in [0, 0.1) is 0 Å². The van der Waals surface area contributed by atoms with E-state index in [0.717, 1.165) is 10.2 Å². The van der Waals surface area contributed by atoms with Gasteiger partial charge in [0.25, 0.3) is 5.91 Å². The van der Waals surface area contributed by atoms with Crippen LogP contribution in [0.3, 0.4) is 0 Å². The molecule has 0 unspecified atom stereocenters. The van der Waals surface area contributed by atoms with Crippen LogP contribution in [0.2, 0.25) is 0 Å². The lowest BCUT2D eigenvalue weighted by Crippen LogP contribution is -2.44. The lowest BCUT2D eigenvalue weighted by Gasteiger charge is -2.30. The van der Waals surface area contributed by atoms with E-state index in [1.165, 1.54) is 17.4 Å². The van der Waals surface area contributed by atoms with Crippen molar-refractivity contribution in [1.29, 1.82) is 0 Å². The topological polar surface area (TPSA) is 68.7 Å². The van der Waals surface area contributed by atoms with Crippen molar-refractivity contribution in [3.05, 3.63) is 71.2 Å². The fourth-order valence-corrected chi connectivity index (χ4v) is 3.96. The first kappa shape index (κ1) is 19.3. The number of hydrogen-bond acceptors (Lipinski definition) is 6. The number of benzene rings is 2. The van der Waals surface area contributed by atoms with Gasteiger partial charge >= 0.3 is 5.97 Å². The number of thiazole rings is 1. The van der Waals surface area contributed by atoms with Crippen LogP contribution in [0.15, 0.2) is 60.7 Å². The van der Waals surface area contributed by atoms with Gasteiger partial charge in [-0.05, 0) is 18.2 Å². The molecule has 1 amide bonds.